The Morgan fingerprint density at radius 2 is 1.71 bits per heavy atom. The van der Waals surface area contributed by atoms with Gasteiger partial charge in [-0.2, -0.15) is 0 Å². The van der Waals surface area contributed by atoms with E-state index in [4.69, 9.17) is 4.74 Å². The van der Waals surface area contributed by atoms with Crippen LogP contribution >= 0.6 is 0 Å². The van der Waals surface area contributed by atoms with Gasteiger partial charge in [0.15, 0.2) is 9.84 Å². The van der Waals surface area contributed by atoms with Crippen molar-refractivity contribution in [1.29, 1.82) is 0 Å². The first-order valence-corrected chi connectivity index (χ1v) is 11.1. The lowest BCUT2D eigenvalue weighted by Gasteiger charge is -2.33. The number of piperidine rings is 1. The largest absolute Gasteiger partial charge is 0.381 e. The topological polar surface area (TPSA) is 75.7 Å². The number of sulfone groups is 1. The van der Waals surface area contributed by atoms with Crippen LogP contribution in [0.5, 0.6) is 0 Å². The fraction of sp³-hybridized carbons (Fsp3) is 0.381. The number of methoxy groups -OCH3 is 1. The summed E-state index contributed by atoms with van der Waals surface area (Å²) in [4.78, 5) is 14.7. The minimum atomic E-state index is -3.45. The van der Waals surface area contributed by atoms with Gasteiger partial charge in [0.25, 0.3) is 0 Å². The van der Waals surface area contributed by atoms with Gasteiger partial charge in [-0.1, -0.05) is 18.2 Å². The Hall–Kier alpha value is -2.38. The van der Waals surface area contributed by atoms with Crippen molar-refractivity contribution in [3.8, 4) is 0 Å². The molecular weight excluding hydrogens is 376 g/mol. The zero-order valence-electron chi connectivity index (χ0n) is 16.0. The molecule has 0 radical (unpaired) electrons. The minimum absolute atomic E-state index is 0.0799. The van der Waals surface area contributed by atoms with Crippen LogP contribution in [0.4, 0.5) is 11.4 Å². The molecule has 0 aromatic heterocycles. The monoisotopic (exact) mass is 402 g/mol. The number of carbonyl (C=O) groups is 1. The zero-order chi connectivity index (χ0) is 20.0. The number of ether oxygens (including phenoxy) is 1. The minimum Gasteiger partial charge on any atom is -0.381 e. The Labute approximate surface area is 166 Å². The van der Waals surface area contributed by atoms with Crippen LogP contribution in [-0.2, 0) is 19.4 Å². The molecule has 150 valence electrons. The lowest BCUT2D eigenvalue weighted by atomic mass is 10.1. The molecule has 0 aliphatic carbocycles. The molecule has 2 aromatic rings. The maximum absolute atomic E-state index is 12.3. The highest BCUT2D eigenvalue weighted by molar-refractivity contribution is 7.91. The van der Waals surface area contributed by atoms with E-state index in [1.807, 2.05) is 24.3 Å². The standard InChI is InChI=1S/C21H26N2O4S/c1-27-19-11-14-23(15-12-19)18-9-7-17(8-10-18)22-21(24)13-16-28(25,26)20-5-3-2-4-6-20/h2-10,19H,11-16H2,1H3,(H,22,24). The quantitative estimate of drug-likeness (QED) is 0.770. The molecule has 6 nitrogen and oxygen atoms in total. The number of anilines is 2. The maximum Gasteiger partial charge on any atom is 0.225 e. The predicted octanol–water partition coefficient (Wildman–Crippen LogP) is 3.10. The second-order valence-corrected chi connectivity index (χ2v) is 9.01. The molecule has 1 saturated heterocycles. The second kappa shape index (κ2) is 9.21. The van der Waals surface area contributed by atoms with Crippen LogP contribution in [0, 0.1) is 0 Å². The molecule has 1 heterocycles. The van der Waals surface area contributed by atoms with Gasteiger partial charge in [-0.3, -0.25) is 4.79 Å². The van der Waals surface area contributed by atoms with Crippen molar-refractivity contribution < 1.29 is 17.9 Å². The molecule has 1 amide bonds. The molecule has 0 spiro atoms. The van der Waals surface area contributed by atoms with E-state index in [0.29, 0.717) is 11.8 Å². The SMILES string of the molecule is COC1CCN(c2ccc(NC(=O)CCS(=O)(=O)c3ccccc3)cc2)CC1. The fourth-order valence-electron chi connectivity index (χ4n) is 3.30. The van der Waals surface area contributed by atoms with E-state index < -0.39 is 9.84 Å². The molecule has 0 atom stereocenters. The van der Waals surface area contributed by atoms with Gasteiger partial charge in [-0.15, -0.1) is 0 Å². The van der Waals surface area contributed by atoms with Crippen molar-refractivity contribution in [2.45, 2.75) is 30.3 Å². The lowest BCUT2D eigenvalue weighted by molar-refractivity contribution is -0.115. The molecule has 2 aromatic carbocycles. The summed E-state index contributed by atoms with van der Waals surface area (Å²) in [5, 5.41) is 2.77. The van der Waals surface area contributed by atoms with Crippen molar-refractivity contribution in [1.82, 2.24) is 0 Å². The van der Waals surface area contributed by atoms with Crippen LogP contribution in [0.15, 0.2) is 59.5 Å². The van der Waals surface area contributed by atoms with Gasteiger partial charge in [-0.05, 0) is 49.2 Å². The normalized spacial score (nSPS) is 15.4. The van der Waals surface area contributed by atoms with Crippen molar-refractivity contribution in [3.05, 3.63) is 54.6 Å². The van der Waals surface area contributed by atoms with E-state index >= 15 is 0 Å². The summed E-state index contributed by atoms with van der Waals surface area (Å²) < 4.78 is 29.9. The van der Waals surface area contributed by atoms with E-state index in [-0.39, 0.29) is 23.0 Å². The Morgan fingerprint density at radius 1 is 1.07 bits per heavy atom. The van der Waals surface area contributed by atoms with E-state index in [9.17, 15) is 13.2 Å². The first-order valence-electron chi connectivity index (χ1n) is 9.43. The van der Waals surface area contributed by atoms with Crippen LogP contribution < -0.4 is 10.2 Å². The first kappa shape index (κ1) is 20.4. The van der Waals surface area contributed by atoms with Crippen LogP contribution in [0.1, 0.15) is 19.3 Å². The van der Waals surface area contributed by atoms with Gasteiger partial charge in [0.2, 0.25) is 5.91 Å². The van der Waals surface area contributed by atoms with Crippen molar-refractivity contribution in [3.63, 3.8) is 0 Å². The summed E-state index contributed by atoms with van der Waals surface area (Å²) in [6.45, 7) is 1.89. The van der Waals surface area contributed by atoms with Gasteiger partial charge in [-0.25, -0.2) is 8.42 Å². The molecule has 0 unspecified atom stereocenters. The number of nitrogens with zero attached hydrogens (tertiary/aromatic N) is 1. The Bertz CT molecular complexity index is 874. The number of benzene rings is 2. The van der Waals surface area contributed by atoms with Crippen molar-refractivity contribution in [2.75, 3.05) is 36.2 Å². The number of carbonyl (C=O) groups excluding carboxylic acids is 1. The number of rotatable bonds is 7. The highest BCUT2D eigenvalue weighted by Gasteiger charge is 2.19. The summed E-state index contributed by atoms with van der Waals surface area (Å²) in [5.41, 5.74) is 1.77. The molecule has 3 rings (SSSR count). The van der Waals surface area contributed by atoms with Crippen molar-refractivity contribution >= 4 is 27.1 Å². The molecule has 1 aliphatic heterocycles. The summed E-state index contributed by atoms with van der Waals surface area (Å²) in [5.74, 6) is -0.525. The van der Waals surface area contributed by atoms with Gasteiger partial charge in [0.05, 0.1) is 16.8 Å². The molecule has 28 heavy (non-hydrogen) atoms. The smallest absolute Gasteiger partial charge is 0.225 e. The summed E-state index contributed by atoms with van der Waals surface area (Å²) in [6.07, 6.45) is 2.26. The number of hydrogen-bond acceptors (Lipinski definition) is 5. The average molecular weight is 403 g/mol. The Morgan fingerprint density at radius 3 is 2.32 bits per heavy atom. The summed E-state index contributed by atoms with van der Waals surface area (Å²) in [7, 11) is -1.70. The second-order valence-electron chi connectivity index (χ2n) is 6.90. The van der Waals surface area contributed by atoms with E-state index in [1.54, 1.807) is 37.4 Å². The summed E-state index contributed by atoms with van der Waals surface area (Å²) >= 11 is 0. The molecule has 7 heteroatoms. The van der Waals surface area contributed by atoms with E-state index in [1.165, 1.54) is 0 Å². The molecular formula is C21H26N2O4S. The molecule has 1 N–H and O–H groups in total. The molecule has 0 bridgehead atoms. The number of amides is 1. The van der Waals surface area contributed by atoms with Gasteiger partial charge >= 0.3 is 0 Å². The lowest BCUT2D eigenvalue weighted by Crippen LogP contribution is -2.36. The highest BCUT2D eigenvalue weighted by Crippen LogP contribution is 2.23. The van der Waals surface area contributed by atoms with Crippen LogP contribution in [-0.4, -0.2) is 46.4 Å². The summed E-state index contributed by atoms with van der Waals surface area (Å²) in [6, 6.07) is 15.8. The van der Waals surface area contributed by atoms with Crippen LogP contribution in [0.2, 0.25) is 0 Å². The van der Waals surface area contributed by atoms with Gasteiger partial charge in [0.1, 0.15) is 0 Å². The third-order valence-corrected chi connectivity index (χ3v) is 6.72. The molecule has 0 saturated carbocycles. The maximum atomic E-state index is 12.3. The zero-order valence-corrected chi connectivity index (χ0v) is 16.8. The Kier molecular flexibility index (Phi) is 6.70. The van der Waals surface area contributed by atoms with Gasteiger partial charge < -0.3 is 15.0 Å². The fourth-order valence-corrected chi connectivity index (χ4v) is 4.56. The van der Waals surface area contributed by atoms with Crippen LogP contribution in [0.25, 0.3) is 0 Å². The van der Waals surface area contributed by atoms with Crippen LogP contribution in [0.3, 0.4) is 0 Å². The molecule has 1 aliphatic rings. The van der Waals surface area contributed by atoms with E-state index in [0.717, 1.165) is 31.6 Å². The number of hydrogen-bond donors (Lipinski definition) is 1. The third-order valence-electron chi connectivity index (χ3n) is 4.99. The van der Waals surface area contributed by atoms with Gasteiger partial charge in [0, 0.05) is 38.0 Å². The number of nitrogens with one attached hydrogen (secondary N) is 1. The van der Waals surface area contributed by atoms with Crippen molar-refractivity contribution in [2.24, 2.45) is 0 Å². The third kappa shape index (κ3) is 5.33. The highest BCUT2D eigenvalue weighted by atomic mass is 32.2. The Balaban J connectivity index is 1.51. The predicted molar refractivity (Wildman–Crippen MR) is 110 cm³/mol. The average Bonchev–Trinajstić information content (AvgIpc) is 2.74. The first-order chi connectivity index (χ1) is 13.5. The van der Waals surface area contributed by atoms with E-state index in [2.05, 4.69) is 10.2 Å². The molecule has 1 fully saturated rings.